The zero-order valence-electron chi connectivity index (χ0n) is 16.9. The molecule has 0 aromatic heterocycles. The Morgan fingerprint density at radius 1 is 1.00 bits per heavy atom. The number of anilines is 1. The molecule has 3 aromatic rings. The Bertz CT molecular complexity index is 996. The minimum Gasteiger partial charge on any atom is -0.492 e. The van der Waals surface area contributed by atoms with Crippen LogP contribution in [0.15, 0.2) is 72.8 Å². The van der Waals surface area contributed by atoms with Crippen LogP contribution in [0.1, 0.15) is 24.1 Å². The van der Waals surface area contributed by atoms with E-state index in [2.05, 4.69) is 5.32 Å². The summed E-state index contributed by atoms with van der Waals surface area (Å²) < 4.78 is 5.65. The number of rotatable bonds is 8. The number of benzene rings is 3. The van der Waals surface area contributed by atoms with Gasteiger partial charge in [0.05, 0.1) is 22.3 Å². The predicted molar refractivity (Wildman–Crippen MR) is 123 cm³/mol. The van der Waals surface area contributed by atoms with Gasteiger partial charge in [0.25, 0.3) is 0 Å². The first-order valence-corrected chi connectivity index (χ1v) is 10.5. The highest BCUT2D eigenvalue weighted by atomic mass is 35.5. The standard InChI is InChI=1S/C24H24Cl2N2O2/c1-3-30-22-12-8-7-11-21(22)27-24(29)23(18-9-5-4-6-10-18)28(2)16-17-13-14-19(25)20(26)15-17/h4-15,23H,3,16H2,1-2H3,(H,27,29)/t23-/m1/s1. The van der Waals surface area contributed by atoms with Crippen LogP contribution in [0.3, 0.4) is 0 Å². The maximum atomic E-state index is 13.4. The number of likely N-dealkylation sites (N-methyl/N-ethyl adjacent to an activating group) is 1. The number of nitrogens with one attached hydrogen (secondary N) is 1. The quantitative estimate of drug-likeness (QED) is 0.451. The third-order valence-corrected chi connectivity index (χ3v) is 5.40. The summed E-state index contributed by atoms with van der Waals surface area (Å²) in [4.78, 5) is 15.3. The Balaban J connectivity index is 1.87. The molecule has 0 aliphatic rings. The first kappa shape index (κ1) is 22.2. The van der Waals surface area contributed by atoms with Gasteiger partial charge >= 0.3 is 0 Å². The molecule has 0 radical (unpaired) electrons. The number of para-hydroxylation sites is 2. The van der Waals surface area contributed by atoms with Crippen molar-refractivity contribution in [2.45, 2.75) is 19.5 Å². The number of hydrogen-bond acceptors (Lipinski definition) is 3. The minimum absolute atomic E-state index is 0.143. The number of amides is 1. The van der Waals surface area contributed by atoms with Crippen molar-refractivity contribution >= 4 is 34.8 Å². The fourth-order valence-corrected chi connectivity index (χ4v) is 3.63. The Kier molecular flexibility index (Phi) is 7.75. The van der Waals surface area contributed by atoms with Crippen LogP contribution in [0.5, 0.6) is 5.75 Å². The number of carbonyl (C=O) groups is 1. The van der Waals surface area contributed by atoms with Crippen LogP contribution in [0.2, 0.25) is 10.0 Å². The molecule has 4 nitrogen and oxygen atoms in total. The van der Waals surface area contributed by atoms with E-state index in [9.17, 15) is 4.79 Å². The minimum atomic E-state index is -0.504. The lowest BCUT2D eigenvalue weighted by Crippen LogP contribution is -2.34. The summed E-state index contributed by atoms with van der Waals surface area (Å²) in [6.07, 6.45) is 0. The van der Waals surface area contributed by atoms with Gasteiger partial charge in [0.15, 0.2) is 0 Å². The van der Waals surface area contributed by atoms with Gasteiger partial charge in [-0.3, -0.25) is 9.69 Å². The highest BCUT2D eigenvalue weighted by Crippen LogP contribution is 2.29. The summed E-state index contributed by atoms with van der Waals surface area (Å²) >= 11 is 12.2. The molecule has 1 N–H and O–H groups in total. The largest absolute Gasteiger partial charge is 0.492 e. The van der Waals surface area contributed by atoms with Crippen LogP contribution in [0.25, 0.3) is 0 Å². The fraction of sp³-hybridized carbons (Fsp3) is 0.208. The topological polar surface area (TPSA) is 41.6 Å². The monoisotopic (exact) mass is 442 g/mol. The second-order valence-corrected chi connectivity index (χ2v) is 7.71. The van der Waals surface area contributed by atoms with E-state index >= 15 is 0 Å². The van der Waals surface area contributed by atoms with E-state index in [4.69, 9.17) is 27.9 Å². The van der Waals surface area contributed by atoms with Crippen molar-refractivity contribution in [3.05, 3.63) is 94.0 Å². The van der Waals surface area contributed by atoms with Crippen LogP contribution < -0.4 is 10.1 Å². The van der Waals surface area contributed by atoms with Gasteiger partial charge in [-0.1, -0.05) is 71.7 Å². The van der Waals surface area contributed by atoms with Gasteiger partial charge in [0.2, 0.25) is 5.91 Å². The van der Waals surface area contributed by atoms with Crippen molar-refractivity contribution in [1.29, 1.82) is 0 Å². The van der Waals surface area contributed by atoms with Gasteiger partial charge in [0.1, 0.15) is 11.8 Å². The van der Waals surface area contributed by atoms with E-state index in [1.165, 1.54) is 0 Å². The molecule has 6 heteroatoms. The van der Waals surface area contributed by atoms with Crippen molar-refractivity contribution < 1.29 is 9.53 Å². The van der Waals surface area contributed by atoms with Crippen molar-refractivity contribution in [2.24, 2.45) is 0 Å². The second-order valence-electron chi connectivity index (χ2n) is 6.90. The molecule has 3 rings (SSSR count). The van der Waals surface area contributed by atoms with Crippen molar-refractivity contribution in [3.63, 3.8) is 0 Å². The molecule has 30 heavy (non-hydrogen) atoms. The van der Waals surface area contributed by atoms with Crippen LogP contribution >= 0.6 is 23.2 Å². The molecule has 156 valence electrons. The highest BCUT2D eigenvalue weighted by molar-refractivity contribution is 6.42. The summed E-state index contributed by atoms with van der Waals surface area (Å²) in [7, 11) is 1.91. The summed E-state index contributed by atoms with van der Waals surface area (Å²) in [6, 6.07) is 22.1. The lowest BCUT2D eigenvalue weighted by Gasteiger charge is -2.28. The van der Waals surface area contributed by atoms with Gasteiger partial charge < -0.3 is 10.1 Å². The normalized spacial score (nSPS) is 11.9. The average molecular weight is 443 g/mol. The van der Waals surface area contributed by atoms with Gasteiger partial charge in [-0.2, -0.15) is 0 Å². The molecule has 0 saturated carbocycles. The Morgan fingerprint density at radius 2 is 1.70 bits per heavy atom. The van der Waals surface area contributed by atoms with Crippen LogP contribution in [0.4, 0.5) is 5.69 Å². The molecule has 0 spiro atoms. The van der Waals surface area contributed by atoms with E-state index in [1.807, 2.05) is 85.6 Å². The smallest absolute Gasteiger partial charge is 0.246 e. The lowest BCUT2D eigenvalue weighted by atomic mass is 10.0. The summed E-state index contributed by atoms with van der Waals surface area (Å²) in [5, 5.41) is 4.03. The molecule has 3 aromatic carbocycles. The van der Waals surface area contributed by atoms with Crippen molar-refractivity contribution in [3.8, 4) is 5.75 Å². The Labute approximate surface area is 187 Å². The summed E-state index contributed by atoms with van der Waals surface area (Å²) in [5.74, 6) is 0.503. The molecule has 0 aliphatic carbocycles. The molecule has 0 unspecified atom stereocenters. The molecule has 0 saturated heterocycles. The van der Waals surface area contributed by atoms with Gasteiger partial charge in [0, 0.05) is 6.54 Å². The molecule has 1 amide bonds. The molecule has 0 aliphatic heterocycles. The van der Waals surface area contributed by atoms with Crippen molar-refractivity contribution in [2.75, 3.05) is 19.0 Å². The maximum Gasteiger partial charge on any atom is 0.246 e. The van der Waals surface area contributed by atoms with E-state index in [1.54, 1.807) is 6.07 Å². The van der Waals surface area contributed by atoms with Gasteiger partial charge in [-0.15, -0.1) is 0 Å². The van der Waals surface area contributed by atoms with E-state index in [-0.39, 0.29) is 5.91 Å². The molecule has 0 fully saturated rings. The Hall–Kier alpha value is -2.53. The van der Waals surface area contributed by atoms with Crippen molar-refractivity contribution in [1.82, 2.24) is 4.90 Å². The third kappa shape index (κ3) is 5.54. The average Bonchev–Trinajstić information content (AvgIpc) is 2.73. The maximum absolute atomic E-state index is 13.4. The first-order valence-electron chi connectivity index (χ1n) is 9.71. The fourth-order valence-electron chi connectivity index (χ4n) is 3.31. The third-order valence-electron chi connectivity index (χ3n) is 4.67. The number of ether oxygens (including phenoxy) is 1. The van der Waals surface area contributed by atoms with Crippen LogP contribution in [-0.4, -0.2) is 24.5 Å². The zero-order valence-corrected chi connectivity index (χ0v) is 18.5. The molecule has 0 bridgehead atoms. The van der Waals surface area contributed by atoms with Gasteiger partial charge in [-0.05, 0) is 49.4 Å². The SMILES string of the molecule is CCOc1ccccc1NC(=O)[C@@H](c1ccccc1)N(C)Cc1ccc(Cl)c(Cl)c1. The predicted octanol–water partition coefficient (Wildman–Crippen LogP) is 6.20. The molecule has 0 heterocycles. The van der Waals surface area contributed by atoms with Crippen LogP contribution in [-0.2, 0) is 11.3 Å². The number of halogens is 2. The molecular weight excluding hydrogens is 419 g/mol. The number of hydrogen-bond donors (Lipinski definition) is 1. The molecular formula is C24H24Cl2N2O2. The van der Waals surface area contributed by atoms with Crippen LogP contribution in [0, 0.1) is 0 Å². The summed E-state index contributed by atoms with van der Waals surface area (Å²) in [6.45, 7) is 2.96. The first-order chi connectivity index (χ1) is 14.5. The van der Waals surface area contributed by atoms with E-state index in [0.29, 0.717) is 34.6 Å². The lowest BCUT2D eigenvalue weighted by molar-refractivity contribution is -0.121. The number of nitrogens with zero attached hydrogens (tertiary/aromatic N) is 1. The Morgan fingerprint density at radius 3 is 2.40 bits per heavy atom. The highest BCUT2D eigenvalue weighted by Gasteiger charge is 2.26. The number of carbonyl (C=O) groups excluding carboxylic acids is 1. The van der Waals surface area contributed by atoms with Gasteiger partial charge in [-0.25, -0.2) is 0 Å². The summed E-state index contributed by atoms with van der Waals surface area (Å²) in [5.41, 5.74) is 2.51. The second kappa shape index (κ2) is 10.5. The van der Waals surface area contributed by atoms with E-state index < -0.39 is 6.04 Å². The van der Waals surface area contributed by atoms with E-state index in [0.717, 1.165) is 11.1 Å². The zero-order chi connectivity index (χ0) is 21.5. The molecule has 1 atom stereocenters.